The van der Waals surface area contributed by atoms with Crippen molar-refractivity contribution in [3.05, 3.63) is 101 Å². The Bertz CT molecular complexity index is 1580. The molecule has 0 saturated carbocycles. The van der Waals surface area contributed by atoms with Gasteiger partial charge >= 0.3 is 0 Å². The summed E-state index contributed by atoms with van der Waals surface area (Å²) in [4.78, 5) is 18.3. The molecule has 0 spiro atoms. The first-order chi connectivity index (χ1) is 18.9. The lowest BCUT2D eigenvalue weighted by molar-refractivity contribution is 0.306. The Morgan fingerprint density at radius 2 is 1.95 bits per heavy atom. The number of ether oxygens (including phenoxy) is 1. The van der Waals surface area contributed by atoms with E-state index in [0.717, 1.165) is 46.4 Å². The zero-order valence-corrected chi connectivity index (χ0v) is 22.8. The van der Waals surface area contributed by atoms with Crippen molar-refractivity contribution in [2.24, 2.45) is 0 Å². The summed E-state index contributed by atoms with van der Waals surface area (Å²) in [5.41, 5.74) is 3.13. The van der Waals surface area contributed by atoms with Crippen LogP contribution >= 0.6 is 19.7 Å². The number of rotatable bonds is 11. The quantitative estimate of drug-likeness (QED) is 0.116. The number of hydrogen-bond donors (Lipinski definition) is 3. The van der Waals surface area contributed by atoms with Gasteiger partial charge in [0, 0.05) is 37.5 Å². The molecular weight excluding hydrogens is 538 g/mol. The maximum atomic E-state index is 13.4. The monoisotopic (exact) mass is 564 g/mol. The lowest BCUT2D eigenvalue weighted by Gasteiger charge is -2.12. The maximum absolute atomic E-state index is 13.4. The van der Waals surface area contributed by atoms with Crippen molar-refractivity contribution in [2.75, 3.05) is 24.7 Å². The highest BCUT2D eigenvalue weighted by Gasteiger charge is 2.11. The van der Waals surface area contributed by atoms with Crippen molar-refractivity contribution >= 4 is 42.2 Å². The predicted octanol–water partition coefficient (Wildman–Crippen LogP) is 7.11. The van der Waals surface area contributed by atoms with E-state index in [-0.39, 0.29) is 12.4 Å². The molecule has 3 N–H and O–H groups in total. The molecule has 200 valence electrons. The van der Waals surface area contributed by atoms with Gasteiger partial charge in [-0.2, -0.15) is 0 Å². The van der Waals surface area contributed by atoms with Crippen LogP contribution in [0.15, 0.2) is 83.5 Å². The van der Waals surface area contributed by atoms with Crippen molar-refractivity contribution in [3.63, 3.8) is 0 Å². The fourth-order valence-electron chi connectivity index (χ4n) is 4.01. The highest BCUT2D eigenvalue weighted by Crippen LogP contribution is 2.33. The van der Waals surface area contributed by atoms with Crippen molar-refractivity contribution < 1.29 is 18.4 Å². The highest BCUT2D eigenvalue weighted by atomic mass is 35.5. The van der Waals surface area contributed by atoms with Gasteiger partial charge in [-0.3, -0.25) is 0 Å². The normalized spacial score (nSPS) is 12.0. The van der Waals surface area contributed by atoms with E-state index in [2.05, 4.69) is 20.6 Å². The summed E-state index contributed by atoms with van der Waals surface area (Å²) in [6.45, 7) is 3.37. The summed E-state index contributed by atoms with van der Waals surface area (Å²) in [5.74, 6) is 2.37. The van der Waals surface area contributed by atoms with Gasteiger partial charge in [-0.05, 0) is 72.9 Å². The van der Waals surface area contributed by atoms with Crippen LogP contribution in [0.1, 0.15) is 11.3 Å². The van der Waals surface area contributed by atoms with Gasteiger partial charge in [-0.25, -0.2) is 14.4 Å². The van der Waals surface area contributed by atoms with Crippen LogP contribution in [0, 0.1) is 5.82 Å². The minimum atomic E-state index is -0.902. The van der Waals surface area contributed by atoms with Gasteiger partial charge in [0.2, 0.25) is 0 Å². The number of halogens is 2. The largest absolute Gasteiger partial charge is 0.487 e. The number of anilines is 2. The SMILES string of the molecule is CP(O)CCNCc1ccc(-c2ccc3ncnc(Nc4ccc(OCc5cccc(F)c5)c(Cl)c4)c3c2)o1. The van der Waals surface area contributed by atoms with Gasteiger partial charge in [-0.1, -0.05) is 23.7 Å². The molecule has 3 aromatic carbocycles. The van der Waals surface area contributed by atoms with E-state index < -0.39 is 8.15 Å². The van der Waals surface area contributed by atoms with Crippen LogP contribution in [0.5, 0.6) is 5.75 Å². The Balaban J connectivity index is 1.30. The van der Waals surface area contributed by atoms with E-state index in [1.54, 1.807) is 24.3 Å². The van der Waals surface area contributed by atoms with Crippen molar-refractivity contribution in [3.8, 4) is 17.1 Å². The molecule has 10 heteroatoms. The summed E-state index contributed by atoms with van der Waals surface area (Å²) >= 11 is 6.48. The maximum Gasteiger partial charge on any atom is 0.141 e. The molecule has 0 saturated heterocycles. The van der Waals surface area contributed by atoms with E-state index in [9.17, 15) is 9.28 Å². The van der Waals surface area contributed by atoms with E-state index in [0.29, 0.717) is 28.7 Å². The third-order valence-corrected chi connectivity index (χ3v) is 7.14. The lowest BCUT2D eigenvalue weighted by Crippen LogP contribution is -2.16. The molecule has 2 heterocycles. The zero-order valence-electron chi connectivity index (χ0n) is 21.2. The van der Waals surface area contributed by atoms with Crippen LogP contribution in [0.3, 0.4) is 0 Å². The minimum absolute atomic E-state index is 0.205. The fraction of sp³-hybridized carbons (Fsp3) is 0.172. The van der Waals surface area contributed by atoms with Gasteiger partial charge < -0.3 is 24.7 Å². The minimum Gasteiger partial charge on any atom is -0.487 e. The number of hydrogen-bond acceptors (Lipinski definition) is 7. The van der Waals surface area contributed by atoms with Crippen LogP contribution in [0.4, 0.5) is 15.9 Å². The number of nitrogens with zero attached hydrogens (tertiary/aromatic N) is 2. The van der Waals surface area contributed by atoms with E-state index in [4.69, 9.17) is 20.8 Å². The molecule has 0 aliphatic carbocycles. The highest BCUT2D eigenvalue weighted by molar-refractivity contribution is 7.50. The fourth-order valence-corrected chi connectivity index (χ4v) is 4.73. The first-order valence-corrected chi connectivity index (χ1v) is 14.6. The predicted molar refractivity (Wildman–Crippen MR) is 154 cm³/mol. The second-order valence-electron chi connectivity index (χ2n) is 8.97. The number of benzene rings is 3. The first kappa shape index (κ1) is 27.0. The van der Waals surface area contributed by atoms with Gasteiger partial charge in [0.05, 0.1) is 17.1 Å². The molecule has 1 atom stereocenters. The van der Waals surface area contributed by atoms with E-state index in [1.165, 1.54) is 18.5 Å². The molecule has 5 rings (SSSR count). The van der Waals surface area contributed by atoms with Crippen LogP contribution in [-0.4, -0.2) is 34.2 Å². The summed E-state index contributed by atoms with van der Waals surface area (Å²) in [7, 11) is -0.902. The third-order valence-electron chi connectivity index (χ3n) is 5.97. The molecule has 0 radical (unpaired) electrons. The molecule has 0 aliphatic rings. The van der Waals surface area contributed by atoms with E-state index in [1.807, 2.05) is 43.1 Å². The molecular formula is C29H27ClFN4O3P. The topological polar surface area (TPSA) is 92.4 Å². The first-order valence-electron chi connectivity index (χ1n) is 12.3. The Morgan fingerprint density at radius 1 is 1.05 bits per heavy atom. The van der Waals surface area contributed by atoms with Crippen molar-refractivity contribution in [1.82, 2.24) is 15.3 Å². The van der Waals surface area contributed by atoms with Crippen LogP contribution in [0.25, 0.3) is 22.2 Å². The van der Waals surface area contributed by atoms with Crippen molar-refractivity contribution in [1.29, 1.82) is 0 Å². The van der Waals surface area contributed by atoms with Gasteiger partial charge in [-0.15, -0.1) is 0 Å². The second kappa shape index (κ2) is 12.5. The van der Waals surface area contributed by atoms with Crippen LogP contribution < -0.4 is 15.4 Å². The molecule has 0 aliphatic heterocycles. The molecule has 0 bridgehead atoms. The average Bonchev–Trinajstić information content (AvgIpc) is 3.40. The van der Waals surface area contributed by atoms with Crippen molar-refractivity contribution in [2.45, 2.75) is 13.2 Å². The number of fused-ring (bicyclic) bond motifs is 1. The zero-order chi connectivity index (χ0) is 27.2. The second-order valence-corrected chi connectivity index (χ2v) is 11.1. The van der Waals surface area contributed by atoms with Gasteiger partial charge in [0.15, 0.2) is 0 Å². The molecule has 0 amide bonds. The third kappa shape index (κ3) is 7.11. The molecule has 5 aromatic rings. The lowest BCUT2D eigenvalue weighted by atomic mass is 10.1. The summed E-state index contributed by atoms with van der Waals surface area (Å²) in [5, 5.41) is 7.86. The van der Waals surface area contributed by atoms with Crippen LogP contribution in [0.2, 0.25) is 5.02 Å². The average molecular weight is 565 g/mol. The molecule has 39 heavy (non-hydrogen) atoms. The van der Waals surface area contributed by atoms with E-state index >= 15 is 0 Å². The smallest absolute Gasteiger partial charge is 0.141 e. The van der Waals surface area contributed by atoms with Gasteiger partial charge in [0.1, 0.15) is 41.8 Å². The Labute approximate surface area is 231 Å². The molecule has 7 nitrogen and oxygen atoms in total. The number of aromatic nitrogens is 2. The molecule has 0 fully saturated rings. The Kier molecular flexibility index (Phi) is 8.69. The standard InChI is InChI=1S/C29H27ClFN4O3P/c1-39(36)12-11-32-16-23-7-10-27(38-23)20-5-8-26-24(14-20)29(34-18-33-26)35-22-6-9-28(25(30)15-22)37-17-19-3-2-4-21(31)13-19/h2-10,13-15,18,32,36H,11-12,16-17H2,1H3,(H,33,34,35). The number of nitrogens with one attached hydrogen (secondary N) is 2. The Morgan fingerprint density at radius 3 is 2.77 bits per heavy atom. The Hall–Kier alpha value is -3.55. The summed E-state index contributed by atoms with van der Waals surface area (Å²) < 4.78 is 25.3. The number of furan rings is 1. The summed E-state index contributed by atoms with van der Waals surface area (Å²) in [6, 6.07) is 21.4. The molecule has 2 aromatic heterocycles. The summed E-state index contributed by atoms with van der Waals surface area (Å²) in [6.07, 6.45) is 2.26. The van der Waals surface area contributed by atoms with Crippen LogP contribution in [-0.2, 0) is 13.2 Å². The van der Waals surface area contributed by atoms with Gasteiger partial charge in [0.25, 0.3) is 0 Å². The molecule has 1 unspecified atom stereocenters.